The largest absolute Gasteiger partial charge is 0.449 e. The number of amides is 1. The maximum Gasteiger partial charge on any atom is 0.407 e. The highest BCUT2D eigenvalue weighted by molar-refractivity contribution is 9.10. The molecule has 1 amide bonds. The summed E-state index contributed by atoms with van der Waals surface area (Å²) in [6.45, 7) is 4.51. The molecule has 1 fully saturated rings. The van der Waals surface area contributed by atoms with Crippen LogP contribution in [0.25, 0.3) is 0 Å². The number of hydrogen-bond donors (Lipinski definition) is 1. The summed E-state index contributed by atoms with van der Waals surface area (Å²) >= 11 is 9.39. The standard InChI is InChI=1S/C12H13BrClNO2/c1-12(2)6-17-11(16)15-10(12)8-4-3-7(14)5-9(8)13/h3-5,10H,6H2,1-2H3,(H,15,16)/t10-/m1/s1. The van der Waals surface area contributed by atoms with Gasteiger partial charge in [-0.3, -0.25) is 0 Å². The van der Waals surface area contributed by atoms with E-state index in [0.717, 1.165) is 10.0 Å². The fourth-order valence-corrected chi connectivity index (χ4v) is 2.84. The van der Waals surface area contributed by atoms with Crippen LogP contribution >= 0.6 is 27.5 Å². The van der Waals surface area contributed by atoms with Crippen molar-refractivity contribution in [1.82, 2.24) is 5.32 Å². The molecule has 0 spiro atoms. The number of cyclic esters (lactones) is 1. The van der Waals surface area contributed by atoms with Gasteiger partial charge in [-0.25, -0.2) is 4.79 Å². The first-order valence-corrected chi connectivity index (χ1v) is 6.45. The molecule has 0 radical (unpaired) electrons. The quantitative estimate of drug-likeness (QED) is 0.852. The average Bonchev–Trinajstić information content (AvgIpc) is 2.23. The SMILES string of the molecule is CC1(C)COC(=O)N[C@@H]1c1ccc(Cl)cc1Br. The molecule has 0 aromatic heterocycles. The maximum atomic E-state index is 11.3. The zero-order valence-corrected chi connectivity index (χ0v) is 11.9. The summed E-state index contributed by atoms with van der Waals surface area (Å²) in [7, 11) is 0. The molecule has 1 aromatic carbocycles. The lowest BCUT2D eigenvalue weighted by Gasteiger charge is -2.39. The Balaban J connectivity index is 2.39. The van der Waals surface area contributed by atoms with E-state index < -0.39 is 0 Å². The predicted molar refractivity (Wildman–Crippen MR) is 70.2 cm³/mol. The lowest BCUT2D eigenvalue weighted by molar-refractivity contribution is 0.0385. The molecule has 1 N–H and O–H groups in total. The summed E-state index contributed by atoms with van der Waals surface area (Å²) in [5.74, 6) is 0. The van der Waals surface area contributed by atoms with Gasteiger partial charge in [0.1, 0.15) is 6.61 Å². The van der Waals surface area contributed by atoms with Gasteiger partial charge in [0.25, 0.3) is 0 Å². The van der Waals surface area contributed by atoms with Gasteiger partial charge in [-0.2, -0.15) is 0 Å². The van der Waals surface area contributed by atoms with E-state index >= 15 is 0 Å². The van der Waals surface area contributed by atoms with Crippen molar-refractivity contribution in [2.75, 3.05) is 6.61 Å². The molecular weight excluding hydrogens is 305 g/mol. The Bertz CT molecular complexity index is 462. The highest BCUT2D eigenvalue weighted by Gasteiger charge is 2.38. The van der Waals surface area contributed by atoms with Gasteiger partial charge in [-0.05, 0) is 17.7 Å². The van der Waals surface area contributed by atoms with E-state index in [1.165, 1.54) is 0 Å². The Morgan fingerprint density at radius 3 is 2.88 bits per heavy atom. The van der Waals surface area contributed by atoms with Crippen molar-refractivity contribution in [3.05, 3.63) is 33.3 Å². The number of nitrogens with one attached hydrogen (secondary N) is 1. The maximum absolute atomic E-state index is 11.3. The zero-order chi connectivity index (χ0) is 12.6. The van der Waals surface area contributed by atoms with Crippen LogP contribution < -0.4 is 5.32 Å². The first-order valence-electron chi connectivity index (χ1n) is 5.28. The Kier molecular flexibility index (Phi) is 3.36. The second-order valence-electron chi connectivity index (χ2n) is 4.81. The first kappa shape index (κ1) is 12.7. The van der Waals surface area contributed by atoms with E-state index in [9.17, 15) is 4.79 Å². The molecule has 1 aliphatic rings. The van der Waals surface area contributed by atoms with Gasteiger partial charge in [0.15, 0.2) is 0 Å². The van der Waals surface area contributed by atoms with Crippen molar-refractivity contribution in [2.45, 2.75) is 19.9 Å². The van der Waals surface area contributed by atoms with Crippen molar-refractivity contribution in [2.24, 2.45) is 5.41 Å². The van der Waals surface area contributed by atoms with Crippen LogP contribution in [0.3, 0.4) is 0 Å². The van der Waals surface area contributed by atoms with Crippen molar-refractivity contribution >= 4 is 33.6 Å². The van der Waals surface area contributed by atoms with Crippen LogP contribution in [0.1, 0.15) is 25.5 Å². The molecule has 1 atom stereocenters. The van der Waals surface area contributed by atoms with Crippen LogP contribution in [0.15, 0.2) is 22.7 Å². The Morgan fingerprint density at radius 2 is 2.24 bits per heavy atom. The molecule has 1 aliphatic heterocycles. The number of carbonyl (C=O) groups excluding carboxylic acids is 1. The second-order valence-corrected chi connectivity index (χ2v) is 6.10. The molecule has 17 heavy (non-hydrogen) atoms. The highest BCUT2D eigenvalue weighted by Crippen LogP contribution is 2.39. The Morgan fingerprint density at radius 1 is 1.53 bits per heavy atom. The third-order valence-corrected chi connectivity index (χ3v) is 3.81. The minimum Gasteiger partial charge on any atom is -0.449 e. The van der Waals surface area contributed by atoms with E-state index in [0.29, 0.717) is 11.6 Å². The van der Waals surface area contributed by atoms with Crippen molar-refractivity contribution in [1.29, 1.82) is 0 Å². The molecule has 0 unspecified atom stereocenters. The molecule has 2 rings (SSSR count). The first-order chi connectivity index (χ1) is 7.90. The number of carbonyl (C=O) groups is 1. The zero-order valence-electron chi connectivity index (χ0n) is 9.59. The lowest BCUT2D eigenvalue weighted by atomic mass is 9.80. The van der Waals surface area contributed by atoms with Crippen LogP contribution in [0, 0.1) is 5.41 Å². The molecule has 1 aromatic rings. The predicted octanol–water partition coefficient (Wildman–Crippen LogP) is 3.91. The van der Waals surface area contributed by atoms with Gasteiger partial charge < -0.3 is 10.1 Å². The van der Waals surface area contributed by atoms with Crippen molar-refractivity contribution in [3.8, 4) is 0 Å². The van der Waals surface area contributed by atoms with Crippen LogP contribution in [-0.4, -0.2) is 12.7 Å². The number of halogens is 2. The van der Waals surface area contributed by atoms with E-state index in [4.69, 9.17) is 16.3 Å². The van der Waals surface area contributed by atoms with Gasteiger partial charge in [0.2, 0.25) is 0 Å². The lowest BCUT2D eigenvalue weighted by Crippen LogP contribution is -2.47. The minimum absolute atomic E-state index is 0.0876. The highest BCUT2D eigenvalue weighted by atomic mass is 79.9. The molecule has 0 bridgehead atoms. The van der Waals surface area contributed by atoms with Gasteiger partial charge in [-0.15, -0.1) is 0 Å². The van der Waals surface area contributed by atoms with Gasteiger partial charge in [-0.1, -0.05) is 47.4 Å². The van der Waals surface area contributed by atoms with Gasteiger partial charge >= 0.3 is 6.09 Å². The third-order valence-electron chi connectivity index (χ3n) is 2.89. The fourth-order valence-electron chi connectivity index (χ4n) is 1.92. The van der Waals surface area contributed by atoms with Crippen molar-refractivity contribution < 1.29 is 9.53 Å². The summed E-state index contributed by atoms with van der Waals surface area (Å²) in [6.07, 6.45) is -0.379. The molecule has 0 saturated carbocycles. The Hall–Kier alpha value is -0.740. The fraction of sp³-hybridized carbons (Fsp3) is 0.417. The number of ether oxygens (including phenoxy) is 1. The second kappa shape index (κ2) is 4.50. The molecule has 92 valence electrons. The monoisotopic (exact) mass is 317 g/mol. The van der Waals surface area contributed by atoms with E-state index in [-0.39, 0.29) is 17.6 Å². The number of benzene rings is 1. The van der Waals surface area contributed by atoms with Crippen molar-refractivity contribution in [3.63, 3.8) is 0 Å². The number of rotatable bonds is 1. The van der Waals surface area contributed by atoms with Gasteiger partial charge in [0.05, 0.1) is 6.04 Å². The van der Waals surface area contributed by atoms with Crippen LogP contribution in [0.5, 0.6) is 0 Å². The summed E-state index contributed by atoms with van der Waals surface area (Å²) in [5, 5.41) is 3.51. The molecule has 5 heteroatoms. The van der Waals surface area contributed by atoms with E-state index in [1.807, 2.05) is 18.2 Å². The van der Waals surface area contributed by atoms with Crippen LogP contribution in [0.2, 0.25) is 5.02 Å². The summed E-state index contributed by atoms with van der Waals surface area (Å²) < 4.78 is 5.91. The topological polar surface area (TPSA) is 38.3 Å². The molecule has 1 heterocycles. The van der Waals surface area contributed by atoms with E-state index in [2.05, 4.69) is 35.1 Å². The number of hydrogen-bond acceptors (Lipinski definition) is 2. The third kappa shape index (κ3) is 2.58. The van der Waals surface area contributed by atoms with Gasteiger partial charge in [0, 0.05) is 14.9 Å². The summed E-state index contributed by atoms with van der Waals surface area (Å²) in [4.78, 5) is 11.3. The Labute approximate surface area is 114 Å². The van der Waals surface area contributed by atoms with Crippen LogP contribution in [-0.2, 0) is 4.74 Å². The smallest absolute Gasteiger partial charge is 0.407 e. The molecule has 3 nitrogen and oxygen atoms in total. The molecule has 1 saturated heterocycles. The van der Waals surface area contributed by atoms with E-state index in [1.54, 1.807) is 0 Å². The summed E-state index contributed by atoms with van der Waals surface area (Å²) in [5.41, 5.74) is 0.848. The van der Waals surface area contributed by atoms with Crippen LogP contribution in [0.4, 0.5) is 4.79 Å². The molecular formula is C12H13BrClNO2. The number of alkyl carbamates (subject to hydrolysis) is 1. The molecule has 0 aliphatic carbocycles. The average molecular weight is 319 g/mol. The minimum atomic E-state index is -0.379. The summed E-state index contributed by atoms with van der Waals surface area (Å²) in [6, 6.07) is 5.48. The normalized spacial score (nSPS) is 22.8.